The molecule has 1 N–H and O–H groups in total. The Balaban J connectivity index is 2.29. The van der Waals surface area contributed by atoms with Gasteiger partial charge in [0.15, 0.2) is 0 Å². The predicted molar refractivity (Wildman–Crippen MR) is 77.7 cm³/mol. The molecule has 0 atom stereocenters. The SMILES string of the molecule is CC(C)NCC(=O)N(C)CCOc1ccccc1Cl. The maximum atomic E-state index is 11.7. The molecule has 0 aliphatic rings. The first kappa shape index (κ1) is 15.8. The molecule has 0 saturated heterocycles. The first-order valence-electron chi connectivity index (χ1n) is 6.35. The monoisotopic (exact) mass is 284 g/mol. The van der Waals surface area contributed by atoms with E-state index >= 15 is 0 Å². The number of para-hydroxylation sites is 1. The summed E-state index contributed by atoms with van der Waals surface area (Å²) in [6.07, 6.45) is 0. The summed E-state index contributed by atoms with van der Waals surface area (Å²) >= 11 is 5.97. The number of rotatable bonds is 7. The molecule has 0 saturated carbocycles. The second kappa shape index (κ2) is 8.02. The van der Waals surface area contributed by atoms with Crippen molar-refractivity contribution in [2.45, 2.75) is 19.9 Å². The third kappa shape index (κ3) is 5.94. The van der Waals surface area contributed by atoms with Gasteiger partial charge in [-0.15, -0.1) is 0 Å². The number of hydrogen-bond donors (Lipinski definition) is 1. The summed E-state index contributed by atoms with van der Waals surface area (Å²) in [6.45, 7) is 5.32. The number of ether oxygens (including phenoxy) is 1. The highest BCUT2D eigenvalue weighted by molar-refractivity contribution is 6.32. The predicted octanol–water partition coefficient (Wildman–Crippen LogP) is 2.18. The van der Waals surface area contributed by atoms with Crippen LogP contribution in [0.25, 0.3) is 0 Å². The van der Waals surface area contributed by atoms with Crippen LogP contribution in [0.4, 0.5) is 0 Å². The summed E-state index contributed by atoms with van der Waals surface area (Å²) in [6, 6.07) is 7.60. The van der Waals surface area contributed by atoms with Gasteiger partial charge in [-0.05, 0) is 12.1 Å². The number of likely N-dealkylation sites (N-methyl/N-ethyl adjacent to an activating group) is 1. The molecule has 1 rings (SSSR count). The number of nitrogens with one attached hydrogen (secondary N) is 1. The van der Waals surface area contributed by atoms with Crippen LogP contribution in [-0.2, 0) is 4.79 Å². The maximum Gasteiger partial charge on any atom is 0.236 e. The normalized spacial score (nSPS) is 10.6. The van der Waals surface area contributed by atoms with Gasteiger partial charge in [-0.3, -0.25) is 4.79 Å². The van der Waals surface area contributed by atoms with Crippen molar-refractivity contribution >= 4 is 17.5 Å². The number of amides is 1. The van der Waals surface area contributed by atoms with Crippen molar-refractivity contribution in [1.29, 1.82) is 0 Å². The first-order valence-corrected chi connectivity index (χ1v) is 6.73. The molecule has 0 aliphatic heterocycles. The van der Waals surface area contributed by atoms with Gasteiger partial charge in [0, 0.05) is 13.1 Å². The fraction of sp³-hybridized carbons (Fsp3) is 0.500. The van der Waals surface area contributed by atoms with Crippen LogP contribution < -0.4 is 10.1 Å². The largest absolute Gasteiger partial charge is 0.490 e. The van der Waals surface area contributed by atoms with Gasteiger partial charge < -0.3 is 15.0 Å². The van der Waals surface area contributed by atoms with Gasteiger partial charge in [0.05, 0.1) is 18.1 Å². The van der Waals surface area contributed by atoms with E-state index in [-0.39, 0.29) is 5.91 Å². The molecule has 4 nitrogen and oxygen atoms in total. The summed E-state index contributed by atoms with van der Waals surface area (Å²) in [7, 11) is 1.76. The lowest BCUT2D eigenvalue weighted by Gasteiger charge is -2.18. The smallest absolute Gasteiger partial charge is 0.236 e. The highest BCUT2D eigenvalue weighted by atomic mass is 35.5. The van der Waals surface area contributed by atoms with Gasteiger partial charge in [-0.2, -0.15) is 0 Å². The van der Waals surface area contributed by atoms with Gasteiger partial charge in [0.25, 0.3) is 0 Å². The molecule has 0 heterocycles. The molecule has 0 aromatic heterocycles. The van der Waals surface area contributed by atoms with Crippen LogP contribution in [-0.4, -0.2) is 43.6 Å². The van der Waals surface area contributed by atoms with Gasteiger partial charge in [0.1, 0.15) is 12.4 Å². The lowest BCUT2D eigenvalue weighted by Crippen LogP contribution is -2.39. The lowest BCUT2D eigenvalue weighted by atomic mass is 10.3. The zero-order valence-electron chi connectivity index (χ0n) is 11.6. The number of carbonyl (C=O) groups excluding carboxylic acids is 1. The van der Waals surface area contributed by atoms with Crippen LogP contribution in [0.15, 0.2) is 24.3 Å². The zero-order chi connectivity index (χ0) is 14.3. The summed E-state index contributed by atoms with van der Waals surface area (Å²) in [5.41, 5.74) is 0. The summed E-state index contributed by atoms with van der Waals surface area (Å²) < 4.78 is 5.54. The van der Waals surface area contributed by atoms with Gasteiger partial charge in [-0.1, -0.05) is 37.6 Å². The molecule has 19 heavy (non-hydrogen) atoms. The Morgan fingerprint density at radius 2 is 2.11 bits per heavy atom. The Morgan fingerprint density at radius 1 is 1.42 bits per heavy atom. The minimum absolute atomic E-state index is 0.0523. The van der Waals surface area contributed by atoms with Crippen molar-refractivity contribution in [2.75, 3.05) is 26.7 Å². The van der Waals surface area contributed by atoms with Crippen molar-refractivity contribution in [2.24, 2.45) is 0 Å². The molecule has 5 heteroatoms. The van der Waals surface area contributed by atoms with Crippen molar-refractivity contribution in [1.82, 2.24) is 10.2 Å². The van der Waals surface area contributed by atoms with Crippen molar-refractivity contribution in [3.8, 4) is 5.75 Å². The lowest BCUT2D eigenvalue weighted by molar-refractivity contribution is -0.129. The van der Waals surface area contributed by atoms with Crippen LogP contribution >= 0.6 is 11.6 Å². The summed E-state index contributed by atoms with van der Waals surface area (Å²) in [5, 5.41) is 3.67. The van der Waals surface area contributed by atoms with Crippen LogP contribution in [0, 0.1) is 0 Å². The van der Waals surface area contributed by atoms with E-state index in [1.165, 1.54) is 0 Å². The fourth-order valence-corrected chi connectivity index (χ4v) is 1.60. The second-order valence-electron chi connectivity index (χ2n) is 4.63. The molecule has 1 amide bonds. The zero-order valence-corrected chi connectivity index (χ0v) is 12.4. The van der Waals surface area contributed by atoms with Gasteiger partial charge in [-0.25, -0.2) is 0 Å². The average molecular weight is 285 g/mol. The van der Waals surface area contributed by atoms with Crippen molar-refractivity contribution < 1.29 is 9.53 Å². The topological polar surface area (TPSA) is 41.6 Å². The number of halogens is 1. The van der Waals surface area contributed by atoms with E-state index in [1.807, 2.05) is 32.0 Å². The highest BCUT2D eigenvalue weighted by Crippen LogP contribution is 2.22. The molecular weight excluding hydrogens is 264 g/mol. The van der Waals surface area contributed by atoms with E-state index in [4.69, 9.17) is 16.3 Å². The molecule has 1 aromatic rings. The average Bonchev–Trinajstić information content (AvgIpc) is 2.38. The van der Waals surface area contributed by atoms with Crippen LogP contribution in [0.2, 0.25) is 5.02 Å². The van der Waals surface area contributed by atoms with Crippen LogP contribution in [0.1, 0.15) is 13.8 Å². The van der Waals surface area contributed by atoms with E-state index in [1.54, 1.807) is 18.0 Å². The molecule has 0 fully saturated rings. The fourth-order valence-electron chi connectivity index (χ4n) is 1.41. The van der Waals surface area contributed by atoms with E-state index < -0.39 is 0 Å². The number of hydrogen-bond acceptors (Lipinski definition) is 3. The van der Waals surface area contributed by atoms with Crippen LogP contribution in [0.3, 0.4) is 0 Å². The molecule has 1 aromatic carbocycles. The number of benzene rings is 1. The minimum atomic E-state index is 0.0523. The Kier molecular flexibility index (Phi) is 6.67. The second-order valence-corrected chi connectivity index (χ2v) is 5.04. The van der Waals surface area contributed by atoms with E-state index in [9.17, 15) is 4.79 Å². The van der Waals surface area contributed by atoms with Crippen molar-refractivity contribution in [3.63, 3.8) is 0 Å². The van der Waals surface area contributed by atoms with Gasteiger partial charge >= 0.3 is 0 Å². The number of carbonyl (C=O) groups is 1. The molecule has 0 unspecified atom stereocenters. The molecule has 0 spiro atoms. The number of nitrogens with zero attached hydrogens (tertiary/aromatic N) is 1. The van der Waals surface area contributed by atoms with E-state index in [0.717, 1.165) is 0 Å². The Bertz CT molecular complexity index is 410. The van der Waals surface area contributed by atoms with Crippen molar-refractivity contribution in [3.05, 3.63) is 29.3 Å². The van der Waals surface area contributed by atoms with E-state index in [0.29, 0.717) is 36.5 Å². The Labute approximate surface area is 119 Å². The first-order chi connectivity index (χ1) is 9.00. The van der Waals surface area contributed by atoms with E-state index in [2.05, 4.69) is 5.32 Å². The molecule has 0 bridgehead atoms. The summed E-state index contributed by atoms with van der Waals surface area (Å²) in [5.74, 6) is 0.696. The quantitative estimate of drug-likeness (QED) is 0.834. The molecule has 0 aliphatic carbocycles. The minimum Gasteiger partial charge on any atom is -0.490 e. The van der Waals surface area contributed by atoms with Crippen LogP contribution in [0.5, 0.6) is 5.75 Å². The molecule has 106 valence electrons. The van der Waals surface area contributed by atoms with Gasteiger partial charge in [0.2, 0.25) is 5.91 Å². The Hall–Kier alpha value is -1.26. The third-order valence-electron chi connectivity index (χ3n) is 2.61. The molecular formula is C14H21ClN2O2. The molecule has 0 radical (unpaired) electrons. The summed E-state index contributed by atoms with van der Waals surface area (Å²) in [4.78, 5) is 13.4. The highest BCUT2D eigenvalue weighted by Gasteiger charge is 2.09. The standard InChI is InChI=1S/C14H21ClN2O2/c1-11(2)16-10-14(18)17(3)8-9-19-13-7-5-4-6-12(13)15/h4-7,11,16H,8-10H2,1-3H3. The third-order valence-corrected chi connectivity index (χ3v) is 2.92. The Morgan fingerprint density at radius 3 is 2.74 bits per heavy atom. The maximum absolute atomic E-state index is 11.7.